The van der Waals surface area contributed by atoms with Gasteiger partial charge in [0.25, 0.3) is 0 Å². The van der Waals surface area contributed by atoms with Gasteiger partial charge in [-0.2, -0.15) is 0 Å². The van der Waals surface area contributed by atoms with E-state index in [0.717, 1.165) is 23.5 Å². The van der Waals surface area contributed by atoms with Crippen LogP contribution in [0, 0.1) is 6.92 Å². The van der Waals surface area contributed by atoms with E-state index in [1.165, 1.54) is 0 Å². The quantitative estimate of drug-likeness (QED) is 0.894. The average Bonchev–Trinajstić information content (AvgIpc) is 2.41. The Balaban J connectivity index is 2.05. The third kappa shape index (κ3) is 3.86. The summed E-state index contributed by atoms with van der Waals surface area (Å²) < 4.78 is 5.75. The minimum atomic E-state index is 0.476. The Kier molecular flexibility index (Phi) is 4.63. The lowest BCUT2D eigenvalue weighted by atomic mass is 10.2. The van der Waals surface area contributed by atoms with Gasteiger partial charge in [0.05, 0.1) is 5.02 Å². The first-order valence-electron chi connectivity index (χ1n) is 6.27. The molecule has 0 aliphatic rings. The highest BCUT2D eigenvalue weighted by molar-refractivity contribution is 6.32. The van der Waals surface area contributed by atoms with Gasteiger partial charge in [-0.25, -0.2) is 4.98 Å². The highest BCUT2D eigenvalue weighted by Crippen LogP contribution is 2.26. The van der Waals surface area contributed by atoms with Crippen molar-refractivity contribution in [2.75, 3.05) is 11.9 Å². The summed E-state index contributed by atoms with van der Waals surface area (Å²) in [6.07, 6.45) is 1.77. The maximum Gasteiger partial charge on any atom is 0.138 e. The van der Waals surface area contributed by atoms with E-state index < -0.39 is 0 Å². The van der Waals surface area contributed by atoms with Crippen molar-refractivity contribution in [1.82, 2.24) is 4.98 Å². The fraction of sp³-hybridized carbons (Fsp3) is 0.267. The summed E-state index contributed by atoms with van der Waals surface area (Å²) in [5.41, 5.74) is 2.19. The number of ether oxygens (including phenoxy) is 1. The summed E-state index contributed by atoms with van der Waals surface area (Å²) in [5.74, 6) is 1.57. The molecule has 3 nitrogen and oxygen atoms in total. The standard InChI is InChI=1S/C15H17ClN2O/c1-3-17-15-9-12(6-7-18-15)10-19-14-8-11(2)4-5-13(14)16/h4-9H,3,10H2,1-2H3,(H,17,18). The molecule has 1 aromatic carbocycles. The fourth-order valence-corrected chi connectivity index (χ4v) is 1.90. The first kappa shape index (κ1) is 13.7. The van der Waals surface area contributed by atoms with Crippen molar-refractivity contribution in [3.05, 3.63) is 52.7 Å². The van der Waals surface area contributed by atoms with Gasteiger partial charge in [-0.1, -0.05) is 17.7 Å². The van der Waals surface area contributed by atoms with Gasteiger partial charge in [0.15, 0.2) is 0 Å². The van der Waals surface area contributed by atoms with Crippen LogP contribution >= 0.6 is 11.6 Å². The molecule has 0 aliphatic heterocycles. The number of hydrogen-bond donors (Lipinski definition) is 1. The average molecular weight is 277 g/mol. The summed E-state index contributed by atoms with van der Waals surface area (Å²) in [7, 11) is 0. The molecule has 1 aromatic heterocycles. The van der Waals surface area contributed by atoms with Crippen LogP contribution in [0.2, 0.25) is 5.02 Å². The van der Waals surface area contributed by atoms with Crippen molar-refractivity contribution in [2.45, 2.75) is 20.5 Å². The second kappa shape index (κ2) is 6.43. The third-order valence-corrected chi connectivity index (χ3v) is 2.98. The number of nitrogens with one attached hydrogen (secondary N) is 1. The van der Waals surface area contributed by atoms with Gasteiger partial charge < -0.3 is 10.1 Å². The highest BCUT2D eigenvalue weighted by atomic mass is 35.5. The van der Waals surface area contributed by atoms with Gasteiger partial charge in [0.1, 0.15) is 18.2 Å². The van der Waals surface area contributed by atoms with Gasteiger partial charge in [0.2, 0.25) is 0 Å². The maximum atomic E-state index is 6.09. The Morgan fingerprint density at radius 1 is 1.26 bits per heavy atom. The van der Waals surface area contributed by atoms with Crippen LogP contribution in [0.15, 0.2) is 36.5 Å². The second-order valence-electron chi connectivity index (χ2n) is 4.30. The molecule has 0 spiro atoms. The number of pyridine rings is 1. The minimum absolute atomic E-state index is 0.476. The summed E-state index contributed by atoms with van der Waals surface area (Å²) in [5, 5.41) is 3.80. The van der Waals surface area contributed by atoms with Crippen LogP contribution in [-0.2, 0) is 6.61 Å². The van der Waals surface area contributed by atoms with Crippen LogP contribution in [0.3, 0.4) is 0 Å². The van der Waals surface area contributed by atoms with Crippen LogP contribution in [0.4, 0.5) is 5.82 Å². The fourth-order valence-electron chi connectivity index (χ4n) is 1.72. The molecule has 0 bridgehead atoms. The summed E-state index contributed by atoms with van der Waals surface area (Å²) in [4.78, 5) is 4.22. The highest BCUT2D eigenvalue weighted by Gasteiger charge is 2.03. The predicted octanol–water partition coefficient (Wildman–Crippen LogP) is 4.05. The number of benzene rings is 1. The van der Waals surface area contributed by atoms with E-state index in [4.69, 9.17) is 16.3 Å². The topological polar surface area (TPSA) is 34.1 Å². The summed E-state index contributed by atoms with van der Waals surface area (Å²) in [6.45, 7) is 5.38. The molecule has 1 heterocycles. The second-order valence-corrected chi connectivity index (χ2v) is 4.71. The van der Waals surface area contributed by atoms with Gasteiger partial charge in [-0.15, -0.1) is 0 Å². The minimum Gasteiger partial charge on any atom is -0.487 e. The number of anilines is 1. The SMILES string of the molecule is CCNc1cc(COc2cc(C)ccc2Cl)ccn1. The largest absolute Gasteiger partial charge is 0.487 e. The number of aryl methyl sites for hydroxylation is 1. The lowest BCUT2D eigenvalue weighted by molar-refractivity contribution is 0.306. The molecule has 2 rings (SSSR count). The van der Waals surface area contributed by atoms with Gasteiger partial charge in [-0.05, 0) is 49.2 Å². The van der Waals surface area contributed by atoms with Crippen molar-refractivity contribution in [2.24, 2.45) is 0 Å². The molecule has 0 saturated carbocycles. The van der Waals surface area contributed by atoms with Crippen molar-refractivity contribution in [3.63, 3.8) is 0 Å². The normalized spacial score (nSPS) is 10.3. The number of halogens is 1. The first-order valence-corrected chi connectivity index (χ1v) is 6.64. The van der Waals surface area contributed by atoms with Crippen LogP contribution < -0.4 is 10.1 Å². The number of aromatic nitrogens is 1. The molecule has 0 aliphatic carbocycles. The van der Waals surface area contributed by atoms with Gasteiger partial charge in [-0.3, -0.25) is 0 Å². The molecule has 2 aromatic rings. The van der Waals surface area contributed by atoms with E-state index >= 15 is 0 Å². The zero-order chi connectivity index (χ0) is 13.7. The van der Waals surface area contributed by atoms with Gasteiger partial charge >= 0.3 is 0 Å². The van der Waals surface area contributed by atoms with Crippen molar-refractivity contribution < 1.29 is 4.74 Å². The molecule has 0 atom stereocenters. The Morgan fingerprint density at radius 2 is 2.11 bits per heavy atom. The number of nitrogens with zero attached hydrogens (tertiary/aromatic N) is 1. The predicted molar refractivity (Wildman–Crippen MR) is 78.9 cm³/mol. The monoisotopic (exact) mass is 276 g/mol. The van der Waals surface area contributed by atoms with Crippen LogP contribution in [0.25, 0.3) is 0 Å². The Morgan fingerprint density at radius 3 is 2.89 bits per heavy atom. The molecular weight excluding hydrogens is 260 g/mol. The van der Waals surface area contributed by atoms with Crippen molar-refractivity contribution >= 4 is 17.4 Å². The van der Waals surface area contributed by atoms with E-state index in [1.807, 2.05) is 44.2 Å². The molecule has 1 N–H and O–H groups in total. The third-order valence-electron chi connectivity index (χ3n) is 2.66. The smallest absolute Gasteiger partial charge is 0.138 e. The molecule has 19 heavy (non-hydrogen) atoms. The number of hydrogen-bond acceptors (Lipinski definition) is 3. The van der Waals surface area contributed by atoms with E-state index in [9.17, 15) is 0 Å². The molecule has 0 radical (unpaired) electrons. The molecule has 0 saturated heterocycles. The lowest BCUT2D eigenvalue weighted by Crippen LogP contribution is -2.01. The lowest BCUT2D eigenvalue weighted by Gasteiger charge is -2.10. The zero-order valence-corrected chi connectivity index (χ0v) is 11.9. The van der Waals surface area contributed by atoms with E-state index in [-0.39, 0.29) is 0 Å². The molecule has 0 unspecified atom stereocenters. The molecule has 4 heteroatoms. The van der Waals surface area contributed by atoms with Crippen LogP contribution in [-0.4, -0.2) is 11.5 Å². The van der Waals surface area contributed by atoms with Gasteiger partial charge in [0, 0.05) is 12.7 Å². The van der Waals surface area contributed by atoms with Crippen molar-refractivity contribution in [3.8, 4) is 5.75 Å². The number of rotatable bonds is 5. The maximum absolute atomic E-state index is 6.09. The Labute approximate surface area is 118 Å². The van der Waals surface area contributed by atoms with E-state index in [1.54, 1.807) is 6.20 Å². The summed E-state index contributed by atoms with van der Waals surface area (Å²) >= 11 is 6.09. The molecule has 100 valence electrons. The van der Waals surface area contributed by atoms with E-state index in [2.05, 4.69) is 10.3 Å². The molecular formula is C15H17ClN2O. The molecule has 0 amide bonds. The van der Waals surface area contributed by atoms with E-state index in [0.29, 0.717) is 17.4 Å². The Hall–Kier alpha value is -1.74. The summed E-state index contributed by atoms with van der Waals surface area (Å²) in [6, 6.07) is 9.67. The Bertz CT molecular complexity index is 558. The van der Waals surface area contributed by atoms with Crippen LogP contribution in [0.5, 0.6) is 5.75 Å². The molecule has 0 fully saturated rings. The van der Waals surface area contributed by atoms with Crippen LogP contribution in [0.1, 0.15) is 18.1 Å². The first-order chi connectivity index (χ1) is 9.19. The van der Waals surface area contributed by atoms with Crippen molar-refractivity contribution in [1.29, 1.82) is 0 Å². The zero-order valence-electron chi connectivity index (χ0n) is 11.1.